The highest BCUT2D eigenvalue weighted by Crippen LogP contribution is 2.11. The molecule has 0 radical (unpaired) electrons. The van der Waals surface area contributed by atoms with Gasteiger partial charge in [-0.25, -0.2) is 0 Å². The van der Waals surface area contributed by atoms with Gasteiger partial charge >= 0.3 is 0 Å². The van der Waals surface area contributed by atoms with Gasteiger partial charge in [0.2, 0.25) is 0 Å². The summed E-state index contributed by atoms with van der Waals surface area (Å²) < 4.78 is 1.93. The van der Waals surface area contributed by atoms with Crippen LogP contribution in [0, 0.1) is 0 Å². The third-order valence-electron chi connectivity index (χ3n) is 4.23. The molecule has 0 saturated carbocycles. The molecule has 24 heavy (non-hydrogen) atoms. The van der Waals surface area contributed by atoms with Crippen molar-refractivity contribution in [2.24, 2.45) is 0 Å². The third-order valence-corrected chi connectivity index (χ3v) is 4.23. The minimum absolute atomic E-state index is 0.408. The number of hydrogen-bond donors (Lipinski definition) is 0. The quantitative estimate of drug-likeness (QED) is 0.671. The fourth-order valence-corrected chi connectivity index (χ4v) is 2.67. The molecule has 5 nitrogen and oxygen atoms in total. The van der Waals surface area contributed by atoms with Crippen LogP contribution in [0.25, 0.3) is 0 Å². The standard InChI is InChI=1S/C19H23N5/c1-16(12-19-13-20-9-10-21-19)23(2)14-17-4-6-18(7-5-17)15-24-11-3-8-22-24/h3-11,13,16H,12,14-15H2,1-2H3/t16-/m1/s1. The number of aromatic nitrogens is 4. The van der Waals surface area contributed by atoms with Crippen molar-refractivity contribution < 1.29 is 0 Å². The van der Waals surface area contributed by atoms with Crippen molar-refractivity contribution >= 4 is 0 Å². The summed E-state index contributed by atoms with van der Waals surface area (Å²) in [6.07, 6.45) is 10.00. The molecule has 124 valence electrons. The first-order valence-electron chi connectivity index (χ1n) is 8.21. The Kier molecular flexibility index (Phi) is 5.33. The second kappa shape index (κ2) is 7.84. The molecule has 0 spiro atoms. The molecule has 0 amide bonds. The Morgan fingerprint density at radius 3 is 2.54 bits per heavy atom. The van der Waals surface area contributed by atoms with Crippen molar-refractivity contribution in [3.05, 3.63) is 78.1 Å². The van der Waals surface area contributed by atoms with E-state index in [2.05, 4.69) is 58.2 Å². The first-order chi connectivity index (χ1) is 11.7. The molecule has 1 atom stereocenters. The smallest absolute Gasteiger partial charge is 0.0659 e. The Morgan fingerprint density at radius 2 is 1.88 bits per heavy atom. The van der Waals surface area contributed by atoms with Gasteiger partial charge in [0.05, 0.1) is 12.2 Å². The van der Waals surface area contributed by atoms with E-state index in [1.807, 2.05) is 29.3 Å². The van der Waals surface area contributed by atoms with Crippen LogP contribution in [0.3, 0.4) is 0 Å². The molecule has 0 bridgehead atoms. The van der Waals surface area contributed by atoms with E-state index >= 15 is 0 Å². The van der Waals surface area contributed by atoms with Gasteiger partial charge in [-0.15, -0.1) is 0 Å². The fourth-order valence-electron chi connectivity index (χ4n) is 2.67. The van der Waals surface area contributed by atoms with Gasteiger partial charge in [-0.05, 0) is 31.2 Å². The SMILES string of the molecule is C[C@H](Cc1cnccn1)N(C)Cc1ccc(Cn2cccn2)cc1. The first kappa shape index (κ1) is 16.3. The molecule has 1 aromatic carbocycles. The number of rotatable bonds is 7. The molecule has 2 aromatic heterocycles. The monoisotopic (exact) mass is 321 g/mol. The van der Waals surface area contributed by atoms with Gasteiger partial charge in [0, 0.05) is 50.0 Å². The summed E-state index contributed by atoms with van der Waals surface area (Å²) in [7, 11) is 2.15. The predicted molar refractivity (Wildman–Crippen MR) is 94.4 cm³/mol. The number of likely N-dealkylation sites (N-methyl/N-ethyl adjacent to an activating group) is 1. The predicted octanol–water partition coefficient (Wildman–Crippen LogP) is 2.78. The van der Waals surface area contributed by atoms with Crippen LogP contribution in [0.5, 0.6) is 0 Å². The van der Waals surface area contributed by atoms with Gasteiger partial charge in [0.1, 0.15) is 0 Å². The zero-order valence-electron chi connectivity index (χ0n) is 14.2. The van der Waals surface area contributed by atoms with E-state index in [0.717, 1.165) is 25.2 Å². The van der Waals surface area contributed by atoms with Crippen LogP contribution >= 0.6 is 0 Å². The molecule has 0 aliphatic carbocycles. The maximum atomic E-state index is 4.36. The van der Waals surface area contributed by atoms with Crippen molar-refractivity contribution in [1.29, 1.82) is 0 Å². The van der Waals surface area contributed by atoms with E-state index in [-0.39, 0.29) is 0 Å². The maximum Gasteiger partial charge on any atom is 0.0659 e. The highest BCUT2D eigenvalue weighted by Gasteiger charge is 2.11. The minimum Gasteiger partial charge on any atom is -0.299 e. The molecule has 0 aliphatic rings. The summed E-state index contributed by atoms with van der Waals surface area (Å²) in [5.74, 6) is 0. The number of hydrogen-bond acceptors (Lipinski definition) is 4. The molecule has 5 heteroatoms. The van der Waals surface area contributed by atoms with Gasteiger partial charge in [0.15, 0.2) is 0 Å². The molecule has 2 heterocycles. The summed E-state index contributed by atoms with van der Waals surface area (Å²) in [6.45, 7) is 3.95. The van der Waals surface area contributed by atoms with Crippen LogP contribution in [-0.4, -0.2) is 37.7 Å². The van der Waals surface area contributed by atoms with Gasteiger partial charge in [-0.1, -0.05) is 24.3 Å². The first-order valence-corrected chi connectivity index (χ1v) is 8.21. The summed E-state index contributed by atoms with van der Waals surface area (Å²) in [6, 6.07) is 11.1. The fraction of sp³-hybridized carbons (Fsp3) is 0.316. The zero-order valence-corrected chi connectivity index (χ0v) is 14.2. The van der Waals surface area contributed by atoms with Crippen LogP contribution in [0.15, 0.2) is 61.3 Å². The van der Waals surface area contributed by atoms with Crippen LogP contribution in [-0.2, 0) is 19.5 Å². The molecular weight excluding hydrogens is 298 g/mol. The Morgan fingerprint density at radius 1 is 1.08 bits per heavy atom. The van der Waals surface area contributed by atoms with E-state index in [9.17, 15) is 0 Å². The molecule has 0 unspecified atom stereocenters. The van der Waals surface area contributed by atoms with Crippen LogP contribution in [0.1, 0.15) is 23.7 Å². The summed E-state index contributed by atoms with van der Waals surface area (Å²) in [5.41, 5.74) is 3.61. The normalized spacial score (nSPS) is 12.5. The lowest BCUT2D eigenvalue weighted by Gasteiger charge is -2.24. The van der Waals surface area contributed by atoms with E-state index < -0.39 is 0 Å². The minimum atomic E-state index is 0.408. The Balaban J connectivity index is 1.55. The largest absolute Gasteiger partial charge is 0.299 e. The summed E-state index contributed by atoms with van der Waals surface area (Å²) >= 11 is 0. The second-order valence-corrected chi connectivity index (χ2v) is 6.19. The van der Waals surface area contributed by atoms with Crippen LogP contribution in [0.4, 0.5) is 0 Å². The average molecular weight is 321 g/mol. The van der Waals surface area contributed by atoms with E-state index in [1.165, 1.54) is 11.1 Å². The van der Waals surface area contributed by atoms with Crippen LogP contribution < -0.4 is 0 Å². The highest BCUT2D eigenvalue weighted by molar-refractivity contribution is 5.22. The topological polar surface area (TPSA) is 46.8 Å². The number of nitrogens with zero attached hydrogens (tertiary/aromatic N) is 5. The lowest BCUT2D eigenvalue weighted by molar-refractivity contribution is 0.246. The Labute approximate surface area is 143 Å². The molecule has 0 aliphatic heterocycles. The van der Waals surface area contributed by atoms with E-state index in [0.29, 0.717) is 6.04 Å². The van der Waals surface area contributed by atoms with Crippen molar-refractivity contribution in [3.8, 4) is 0 Å². The van der Waals surface area contributed by atoms with E-state index in [1.54, 1.807) is 12.4 Å². The third kappa shape index (κ3) is 4.49. The zero-order chi connectivity index (χ0) is 16.8. The Hall–Kier alpha value is -2.53. The van der Waals surface area contributed by atoms with Gasteiger partial charge in [-0.2, -0.15) is 5.10 Å². The summed E-state index contributed by atoms with van der Waals surface area (Å²) in [5, 5.41) is 4.24. The Bertz CT molecular complexity index is 722. The van der Waals surface area contributed by atoms with Crippen molar-refractivity contribution in [2.45, 2.75) is 32.5 Å². The van der Waals surface area contributed by atoms with E-state index in [4.69, 9.17) is 0 Å². The van der Waals surface area contributed by atoms with Crippen molar-refractivity contribution in [2.75, 3.05) is 7.05 Å². The number of benzene rings is 1. The summed E-state index contributed by atoms with van der Waals surface area (Å²) in [4.78, 5) is 10.8. The molecule has 0 saturated heterocycles. The van der Waals surface area contributed by atoms with Gasteiger partial charge in [0.25, 0.3) is 0 Å². The van der Waals surface area contributed by atoms with Crippen LogP contribution in [0.2, 0.25) is 0 Å². The lowest BCUT2D eigenvalue weighted by Crippen LogP contribution is -2.30. The average Bonchev–Trinajstić information content (AvgIpc) is 3.10. The molecule has 3 aromatic rings. The van der Waals surface area contributed by atoms with Gasteiger partial charge < -0.3 is 0 Å². The highest BCUT2D eigenvalue weighted by atomic mass is 15.3. The maximum absolute atomic E-state index is 4.36. The molecular formula is C19H23N5. The van der Waals surface area contributed by atoms with Crippen molar-refractivity contribution in [1.82, 2.24) is 24.6 Å². The molecule has 3 rings (SSSR count). The molecule has 0 fully saturated rings. The van der Waals surface area contributed by atoms with Crippen molar-refractivity contribution in [3.63, 3.8) is 0 Å². The second-order valence-electron chi connectivity index (χ2n) is 6.19. The lowest BCUT2D eigenvalue weighted by atomic mass is 10.1. The molecule has 0 N–H and O–H groups in total. The van der Waals surface area contributed by atoms with Gasteiger partial charge in [-0.3, -0.25) is 19.5 Å².